The van der Waals surface area contributed by atoms with Crippen LogP contribution in [-0.4, -0.2) is 15.5 Å². The van der Waals surface area contributed by atoms with Gasteiger partial charge in [0.05, 0.1) is 18.0 Å². The van der Waals surface area contributed by atoms with Gasteiger partial charge in [0, 0.05) is 17.3 Å². The van der Waals surface area contributed by atoms with E-state index in [9.17, 15) is 8.42 Å². The monoisotopic (exact) mass is 446 g/mol. The highest BCUT2D eigenvalue weighted by Crippen LogP contribution is 2.50. The Balaban J connectivity index is 1.46. The van der Waals surface area contributed by atoms with Crippen molar-refractivity contribution in [3.8, 4) is 5.75 Å². The number of fused-ring (bicyclic) bond motifs is 3. The van der Waals surface area contributed by atoms with E-state index in [0.717, 1.165) is 17.7 Å². The van der Waals surface area contributed by atoms with Crippen molar-refractivity contribution >= 4 is 21.4 Å². The Morgan fingerprint density at radius 2 is 1.75 bits per heavy atom. The van der Waals surface area contributed by atoms with E-state index in [1.807, 2.05) is 12.1 Å². The van der Waals surface area contributed by atoms with Gasteiger partial charge in [0.15, 0.2) is 0 Å². The molecule has 3 aromatic carbocycles. The maximum atomic E-state index is 13.1. The number of rotatable bonds is 5. The molecule has 0 radical (unpaired) electrons. The Kier molecular flexibility index (Phi) is 5.18. The normalized spacial score (nSPS) is 21.4. The summed E-state index contributed by atoms with van der Waals surface area (Å²) < 4.78 is 34.0. The highest BCUT2D eigenvalue weighted by Gasteiger charge is 2.38. The molecule has 0 bridgehead atoms. The zero-order valence-electron chi connectivity index (χ0n) is 18.1. The van der Waals surface area contributed by atoms with Crippen LogP contribution in [0.4, 0.5) is 11.4 Å². The Morgan fingerprint density at radius 1 is 1.00 bits per heavy atom. The second kappa shape index (κ2) is 8.02. The molecule has 1 aliphatic carbocycles. The minimum absolute atomic E-state index is 0.189. The summed E-state index contributed by atoms with van der Waals surface area (Å²) in [7, 11) is -2.13. The maximum absolute atomic E-state index is 13.1. The van der Waals surface area contributed by atoms with Crippen LogP contribution in [0.15, 0.2) is 83.8 Å². The van der Waals surface area contributed by atoms with Gasteiger partial charge in [0.25, 0.3) is 10.0 Å². The Labute approximate surface area is 189 Å². The van der Waals surface area contributed by atoms with Gasteiger partial charge in [0.2, 0.25) is 0 Å². The molecule has 0 aromatic heterocycles. The van der Waals surface area contributed by atoms with Gasteiger partial charge in [-0.15, -0.1) is 0 Å². The van der Waals surface area contributed by atoms with Crippen LogP contribution in [-0.2, 0) is 10.0 Å². The van der Waals surface area contributed by atoms with Crippen LogP contribution < -0.4 is 14.8 Å². The lowest BCUT2D eigenvalue weighted by Crippen LogP contribution is -2.29. The first-order chi connectivity index (χ1) is 15.4. The number of hydrogen-bond acceptors (Lipinski definition) is 4. The van der Waals surface area contributed by atoms with E-state index in [1.54, 1.807) is 37.4 Å². The highest BCUT2D eigenvalue weighted by atomic mass is 32.2. The molecule has 32 heavy (non-hydrogen) atoms. The molecule has 5 rings (SSSR count). The molecule has 3 aromatic rings. The Hall–Kier alpha value is -3.25. The number of anilines is 2. The molecule has 0 fully saturated rings. The SMILES string of the molecule is COc1ccc(NS(=O)(=O)c2ccc3c(c2)[C@@H]2C=CC[C@H]2[C@@H](c2ccc(C)cc2)N3)cc1. The average molecular weight is 447 g/mol. The van der Waals surface area contributed by atoms with E-state index in [2.05, 4.69) is 53.4 Å². The molecule has 0 saturated carbocycles. The van der Waals surface area contributed by atoms with E-state index < -0.39 is 10.0 Å². The van der Waals surface area contributed by atoms with Crippen molar-refractivity contribution in [1.82, 2.24) is 0 Å². The quantitative estimate of drug-likeness (QED) is 0.499. The van der Waals surface area contributed by atoms with Crippen LogP contribution in [0.3, 0.4) is 0 Å². The van der Waals surface area contributed by atoms with Crippen molar-refractivity contribution in [3.05, 3.63) is 95.6 Å². The fourth-order valence-electron chi connectivity index (χ4n) is 4.72. The van der Waals surface area contributed by atoms with Crippen LogP contribution in [0.1, 0.15) is 35.1 Å². The molecule has 1 heterocycles. The third-order valence-electron chi connectivity index (χ3n) is 6.42. The van der Waals surface area contributed by atoms with E-state index in [0.29, 0.717) is 17.4 Å². The van der Waals surface area contributed by atoms with E-state index in [4.69, 9.17) is 4.74 Å². The first-order valence-electron chi connectivity index (χ1n) is 10.8. The summed E-state index contributed by atoms with van der Waals surface area (Å²) in [5, 5.41) is 3.68. The second-order valence-electron chi connectivity index (χ2n) is 8.47. The molecule has 0 saturated heterocycles. The molecule has 6 heteroatoms. The fraction of sp³-hybridized carbons (Fsp3) is 0.231. The summed E-state index contributed by atoms with van der Waals surface area (Å²) in [6, 6.07) is 21.1. The molecule has 0 amide bonds. The first kappa shape index (κ1) is 20.6. The van der Waals surface area contributed by atoms with Crippen molar-refractivity contribution in [1.29, 1.82) is 0 Å². The number of ether oxygens (including phenoxy) is 1. The molecule has 0 unspecified atom stereocenters. The highest BCUT2D eigenvalue weighted by molar-refractivity contribution is 7.92. The van der Waals surface area contributed by atoms with Gasteiger partial charge in [-0.05, 0) is 72.9 Å². The standard InChI is InChI=1S/C26H26N2O3S/c1-17-6-8-18(9-7-17)26-23-5-3-4-22(23)24-16-21(14-15-25(24)27-26)32(29,30)28-19-10-12-20(31-2)13-11-19/h3-4,6-16,22-23,26-28H,5H2,1-2H3/t22-,23-,26-/m1/s1. The van der Waals surface area contributed by atoms with Crippen molar-refractivity contribution in [2.24, 2.45) is 5.92 Å². The predicted octanol–water partition coefficient (Wildman–Crippen LogP) is 5.63. The minimum atomic E-state index is -3.71. The maximum Gasteiger partial charge on any atom is 0.261 e. The number of benzene rings is 3. The second-order valence-corrected chi connectivity index (χ2v) is 10.2. The fourth-order valence-corrected chi connectivity index (χ4v) is 5.81. The van der Waals surface area contributed by atoms with Crippen LogP contribution in [0.25, 0.3) is 0 Å². The van der Waals surface area contributed by atoms with Crippen LogP contribution in [0.2, 0.25) is 0 Å². The van der Waals surface area contributed by atoms with Gasteiger partial charge >= 0.3 is 0 Å². The van der Waals surface area contributed by atoms with E-state index in [1.165, 1.54) is 11.1 Å². The lowest BCUT2D eigenvalue weighted by Gasteiger charge is -2.37. The molecule has 2 N–H and O–H groups in total. The largest absolute Gasteiger partial charge is 0.497 e. The summed E-state index contributed by atoms with van der Waals surface area (Å²) >= 11 is 0. The number of allylic oxidation sites excluding steroid dienone is 2. The van der Waals surface area contributed by atoms with Gasteiger partial charge < -0.3 is 10.1 Å². The van der Waals surface area contributed by atoms with Gasteiger partial charge in [0.1, 0.15) is 5.75 Å². The van der Waals surface area contributed by atoms with Crippen molar-refractivity contribution in [2.45, 2.75) is 30.2 Å². The number of methoxy groups -OCH3 is 1. The topological polar surface area (TPSA) is 67.4 Å². The summed E-state index contributed by atoms with van der Waals surface area (Å²) in [5.74, 6) is 1.22. The summed E-state index contributed by atoms with van der Waals surface area (Å²) in [5.41, 5.74) is 5.03. The lowest BCUT2D eigenvalue weighted by atomic mass is 9.77. The van der Waals surface area contributed by atoms with Gasteiger partial charge in [-0.3, -0.25) is 4.72 Å². The zero-order valence-corrected chi connectivity index (χ0v) is 18.9. The van der Waals surface area contributed by atoms with Crippen LogP contribution in [0.5, 0.6) is 5.75 Å². The minimum Gasteiger partial charge on any atom is -0.497 e. The van der Waals surface area contributed by atoms with Crippen molar-refractivity contribution in [3.63, 3.8) is 0 Å². The third kappa shape index (κ3) is 3.75. The molecule has 2 aliphatic rings. The third-order valence-corrected chi connectivity index (χ3v) is 7.80. The Morgan fingerprint density at radius 3 is 2.47 bits per heavy atom. The molecule has 1 aliphatic heterocycles. The molecule has 0 spiro atoms. The van der Waals surface area contributed by atoms with Crippen LogP contribution >= 0.6 is 0 Å². The molecular formula is C26H26N2O3S. The number of sulfonamides is 1. The van der Waals surface area contributed by atoms with Gasteiger partial charge in [-0.2, -0.15) is 0 Å². The van der Waals surface area contributed by atoms with E-state index >= 15 is 0 Å². The summed E-state index contributed by atoms with van der Waals surface area (Å²) in [6.45, 7) is 2.09. The van der Waals surface area contributed by atoms with Gasteiger partial charge in [-0.25, -0.2) is 8.42 Å². The van der Waals surface area contributed by atoms with Gasteiger partial charge in [-0.1, -0.05) is 42.0 Å². The predicted molar refractivity (Wildman–Crippen MR) is 128 cm³/mol. The van der Waals surface area contributed by atoms with E-state index in [-0.39, 0.29) is 16.9 Å². The van der Waals surface area contributed by atoms with Crippen molar-refractivity contribution in [2.75, 3.05) is 17.1 Å². The molecular weight excluding hydrogens is 420 g/mol. The summed E-state index contributed by atoms with van der Waals surface area (Å²) in [4.78, 5) is 0.265. The zero-order chi connectivity index (χ0) is 22.3. The lowest BCUT2D eigenvalue weighted by molar-refractivity contribution is 0.415. The number of nitrogens with one attached hydrogen (secondary N) is 2. The number of aryl methyl sites for hydroxylation is 1. The molecule has 5 nitrogen and oxygen atoms in total. The average Bonchev–Trinajstić information content (AvgIpc) is 3.29. The molecule has 164 valence electrons. The number of hydrogen-bond donors (Lipinski definition) is 2. The summed E-state index contributed by atoms with van der Waals surface area (Å²) in [6.07, 6.45) is 5.40. The van der Waals surface area contributed by atoms with Crippen molar-refractivity contribution < 1.29 is 13.2 Å². The smallest absolute Gasteiger partial charge is 0.261 e. The Bertz CT molecular complexity index is 1270. The van der Waals surface area contributed by atoms with Crippen LogP contribution in [0, 0.1) is 12.8 Å². The first-order valence-corrected chi connectivity index (χ1v) is 12.2. The molecule has 3 atom stereocenters.